The van der Waals surface area contributed by atoms with E-state index in [1.165, 1.54) is 6.33 Å². The molecule has 0 aliphatic heterocycles. The second-order valence-corrected chi connectivity index (χ2v) is 3.81. The van der Waals surface area contributed by atoms with E-state index in [1.807, 2.05) is 6.92 Å². The van der Waals surface area contributed by atoms with E-state index in [1.54, 1.807) is 24.3 Å². The van der Waals surface area contributed by atoms with Crippen molar-refractivity contribution < 1.29 is 4.79 Å². The number of carbonyl (C=O) groups excluding carboxylic acids is 1. The summed E-state index contributed by atoms with van der Waals surface area (Å²) < 4.78 is 0. The van der Waals surface area contributed by atoms with Crippen LogP contribution >= 0.6 is 0 Å². The Balaban J connectivity index is 1.91. The highest BCUT2D eigenvalue weighted by Crippen LogP contribution is 2.11. The molecule has 2 amide bonds. The van der Waals surface area contributed by atoms with E-state index >= 15 is 0 Å². The summed E-state index contributed by atoms with van der Waals surface area (Å²) in [6.45, 7) is 1.81. The molecule has 7 nitrogen and oxygen atoms in total. The van der Waals surface area contributed by atoms with Gasteiger partial charge in [-0.3, -0.25) is 5.10 Å². The van der Waals surface area contributed by atoms with Gasteiger partial charge < -0.3 is 16.4 Å². The second kappa shape index (κ2) is 5.17. The number of anilines is 2. The first kappa shape index (κ1) is 11.9. The molecule has 0 aliphatic carbocycles. The number of aromatic amines is 1. The van der Waals surface area contributed by atoms with Gasteiger partial charge in [-0.05, 0) is 31.2 Å². The number of hydrogen-bond acceptors (Lipinski definition) is 4. The van der Waals surface area contributed by atoms with Gasteiger partial charge in [-0.15, -0.1) is 0 Å². The van der Waals surface area contributed by atoms with Crippen molar-refractivity contribution in [3.63, 3.8) is 0 Å². The molecule has 0 saturated heterocycles. The van der Waals surface area contributed by atoms with Crippen molar-refractivity contribution in [3.8, 4) is 0 Å². The lowest BCUT2D eigenvalue weighted by atomic mass is 10.3. The lowest BCUT2D eigenvalue weighted by Crippen LogP contribution is -2.31. The molecular formula is C11H14N6O. The first-order chi connectivity index (χ1) is 8.65. The molecule has 1 aromatic heterocycles. The van der Waals surface area contributed by atoms with Gasteiger partial charge in [0.2, 0.25) is 0 Å². The third kappa shape index (κ3) is 2.97. The molecule has 0 aliphatic rings. The number of urea groups is 1. The van der Waals surface area contributed by atoms with E-state index in [0.717, 1.165) is 0 Å². The zero-order valence-electron chi connectivity index (χ0n) is 9.84. The topological polar surface area (TPSA) is 109 Å². The fourth-order valence-electron chi connectivity index (χ4n) is 1.42. The van der Waals surface area contributed by atoms with Gasteiger partial charge in [-0.2, -0.15) is 5.10 Å². The number of carbonyl (C=O) groups is 1. The van der Waals surface area contributed by atoms with Crippen molar-refractivity contribution in [1.29, 1.82) is 0 Å². The molecule has 1 atom stereocenters. The van der Waals surface area contributed by atoms with Crippen molar-refractivity contribution in [2.24, 2.45) is 0 Å². The van der Waals surface area contributed by atoms with E-state index in [4.69, 9.17) is 5.73 Å². The number of nitrogens with zero attached hydrogens (tertiary/aromatic N) is 2. The number of nitrogens with two attached hydrogens (primary N) is 1. The highest BCUT2D eigenvalue weighted by atomic mass is 16.2. The Labute approximate surface area is 104 Å². The Hall–Kier alpha value is -2.57. The molecule has 0 radical (unpaired) electrons. The van der Waals surface area contributed by atoms with Gasteiger partial charge in [0.15, 0.2) is 0 Å². The molecule has 7 heteroatoms. The van der Waals surface area contributed by atoms with Crippen LogP contribution in [0.1, 0.15) is 18.8 Å². The predicted molar refractivity (Wildman–Crippen MR) is 67.8 cm³/mol. The molecule has 0 saturated carbocycles. The normalized spacial score (nSPS) is 11.8. The minimum absolute atomic E-state index is 0.249. The molecule has 1 aromatic carbocycles. The summed E-state index contributed by atoms with van der Waals surface area (Å²) in [6, 6.07) is 6.33. The van der Waals surface area contributed by atoms with Crippen molar-refractivity contribution in [2.75, 3.05) is 11.1 Å². The minimum atomic E-state index is -0.316. The van der Waals surface area contributed by atoms with Gasteiger partial charge in [0, 0.05) is 11.4 Å². The molecule has 1 unspecified atom stereocenters. The molecular weight excluding hydrogens is 232 g/mol. The number of benzene rings is 1. The summed E-state index contributed by atoms with van der Waals surface area (Å²) in [5, 5.41) is 11.8. The zero-order chi connectivity index (χ0) is 13.0. The molecule has 0 fully saturated rings. The molecule has 0 spiro atoms. The van der Waals surface area contributed by atoms with Crippen LogP contribution in [0.4, 0.5) is 16.2 Å². The van der Waals surface area contributed by atoms with E-state index < -0.39 is 0 Å². The Bertz CT molecular complexity index is 507. The summed E-state index contributed by atoms with van der Waals surface area (Å²) in [6.07, 6.45) is 1.39. The van der Waals surface area contributed by atoms with Crippen LogP contribution in [0.3, 0.4) is 0 Å². The largest absolute Gasteiger partial charge is 0.399 e. The van der Waals surface area contributed by atoms with Crippen LogP contribution in [-0.2, 0) is 0 Å². The van der Waals surface area contributed by atoms with Crippen molar-refractivity contribution >= 4 is 17.4 Å². The third-order valence-electron chi connectivity index (χ3n) is 2.36. The second-order valence-electron chi connectivity index (χ2n) is 3.81. The third-order valence-corrected chi connectivity index (χ3v) is 2.36. The predicted octanol–water partition coefficient (Wildman–Crippen LogP) is 1.27. The molecule has 2 rings (SSSR count). The fraction of sp³-hybridized carbons (Fsp3) is 0.182. The Morgan fingerprint density at radius 3 is 2.72 bits per heavy atom. The molecule has 5 N–H and O–H groups in total. The lowest BCUT2D eigenvalue weighted by molar-refractivity contribution is 0.249. The van der Waals surface area contributed by atoms with Crippen molar-refractivity contribution in [1.82, 2.24) is 20.5 Å². The van der Waals surface area contributed by atoms with Gasteiger partial charge in [0.25, 0.3) is 0 Å². The first-order valence-corrected chi connectivity index (χ1v) is 5.43. The quantitative estimate of drug-likeness (QED) is 0.611. The van der Waals surface area contributed by atoms with E-state index in [9.17, 15) is 4.79 Å². The van der Waals surface area contributed by atoms with Crippen LogP contribution in [0.5, 0.6) is 0 Å². The van der Waals surface area contributed by atoms with E-state index in [-0.39, 0.29) is 12.1 Å². The number of rotatable bonds is 3. The summed E-state index contributed by atoms with van der Waals surface area (Å²) in [7, 11) is 0. The number of amides is 2. The Morgan fingerprint density at radius 1 is 1.39 bits per heavy atom. The van der Waals surface area contributed by atoms with Crippen LogP contribution in [-0.4, -0.2) is 21.2 Å². The standard InChI is InChI=1S/C11H14N6O/c1-7(10-13-6-14-17-10)15-11(18)16-9-4-2-8(12)3-5-9/h2-7H,12H2,1H3,(H,13,14,17)(H2,15,16,18). The maximum atomic E-state index is 11.7. The van der Waals surface area contributed by atoms with Crippen LogP contribution in [0.15, 0.2) is 30.6 Å². The van der Waals surface area contributed by atoms with Gasteiger partial charge in [0.05, 0.1) is 6.04 Å². The molecule has 2 aromatic rings. The lowest BCUT2D eigenvalue weighted by Gasteiger charge is -2.12. The highest BCUT2D eigenvalue weighted by Gasteiger charge is 2.11. The summed E-state index contributed by atoms with van der Waals surface area (Å²) in [5.41, 5.74) is 6.88. The maximum Gasteiger partial charge on any atom is 0.319 e. The van der Waals surface area contributed by atoms with E-state index in [2.05, 4.69) is 25.8 Å². The Morgan fingerprint density at radius 2 is 2.11 bits per heavy atom. The highest BCUT2D eigenvalue weighted by molar-refractivity contribution is 5.89. The van der Waals surface area contributed by atoms with Crippen molar-refractivity contribution in [2.45, 2.75) is 13.0 Å². The van der Waals surface area contributed by atoms with Gasteiger partial charge in [-0.1, -0.05) is 0 Å². The monoisotopic (exact) mass is 246 g/mol. The molecule has 18 heavy (non-hydrogen) atoms. The number of hydrogen-bond donors (Lipinski definition) is 4. The van der Waals surface area contributed by atoms with Crippen LogP contribution in [0, 0.1) is 0 Å². The van der Waals surface area contributed by atoms with Crippen LogP contribution in [0.25, 0.3) is 0 Å². The van der Waals surface area contributed by atoms with Gasteiger partial charge >= 0.3 is 6.03 Å². The first-order valence-electron chi connectivity index (χ1n) is 5.43. The maximum absolute atomic E-state index is 11.7. The summed E-state index contributed by atoms with van der Waals surface area (Å²) in [5.74, 6) is 0.599. The van der Waals surface area contributed by atoms with Crippen molar-refractivity contribution in [3.05, 3.63) is 36.4 Å². The SMILES string of the molecule is CC(NC(=O)Nc1ccc(N)cc1)c1ncn[nH]1. The number of aromatic nitrogens is 3. The Kier molecular flexibility index (Phi) is 3.42. The fourth-order valence-corrected chi connectivity index (χ4v) is 1.42. The molecule has 1 heterocycles. The smallest absolute Gasteiger partial charge is 0.319 e. The average molecular weight is 246 g/mol. The van der Waals surface area contributed by atoms with Gasteiger partial charge in [-0.25, -0.2) is 9.78 Å². The number of H-pyrrole nitrogens is 1. The summed E-state index contributed by atoms with van der Waals surface area (Å²) >= 11 is 0. The van der Waals surface area contributed by atoms with Crippen LogP contribution < -0.4 is 16.4 Å². The zero-order valence-corrected chi connectivity index (χ0v) is 9.84. The van der Waals surface area contributed by atoms with Crippen LogP contribution in [0.2, 0.25) is 0 Å². The number of nitrogens with one attached hydrogen (secondary N) is 3. The average Bonchev–Trinajstić information content (AvgIpc) is 2.85. The van der Waals surface area contributed by atoms with E-state index in [0.29, 0.717) is 17.2 Å². The van der Waals surface area contributed by atoms with Gasteiger partial charge in [0.1, 0.15) is 12.2 Å². The molecule has 0 bridgehead atoms. The minimum Gasteiger partial charge on any atom is -0.399 e. The summed E-state index contributed by atoms with van der Waals surface area (Å²) in [4.78, 5) is 15.6. The number of nitrogen functional groups attached to an aromatic ring is 1. The molecule has 94 valence electrons.